The number of H-pyrrole nitrogens is 1. The molecule has 5 nitrogen and oxygen atoms in total. The van der Waals surface area contributed by atoms with Crippen molar-refractivity contribution in [2.75, 3.05) is 7.05 Å². The third kappa shape index (κ3) is 2.02. The van der Waals surface area contributed by atoms with Crippen molar-refractivity contribution in [3.05, 3.63) is 57.8 Å². The van der Waals surface area contributed by atoms with Gasteiger partial charge < -0.3 is 10.3 Å². The maximum absolute atomic E-state index is 11.8. The third-order valence-corrected chi connectivity index (χ3v) is 3.04. The number of hydrogen-bond acceptors (Lipinski definition) is 1. The molecule has 1 aromatic carbocycles. The summed E-state index contributed by atoms with van der Waals surface area (Å²) in [4.78, 5) is 21.6. The van der Waals surface area contributed by atoms with Gasteiger partial charge in [-0.3, -0.25) is 4.79 Å². The molecule has 0 aliphatic rings. The number of aromatic nitrogens is 1. The van der Waals surface area contributed by atoms with E-state index in [1.165, 1.54) is 7.05 Å². The number of rotatable bonds is 1. The van der Waals surface area contributed by atoms with Gasteiger partial charge in [0, 0.05) is 12.4 Å². The fourth-order valence-corrected chi connectivity index (χ4v) is 2.05. The largest absolute Gasteiger partial charge is 0.373 e. The lowest BCUT2D eigenvalue weighted by Gasteiger charge is -1.95. The third-order valence-electron chi connectivity index (χ3n) is 3.04. The summed E-state index contributed by atoms with van der Waals surface area (Å²) >= 11 is 0. The Labute approximate surface area is 115 Å². The van der Waals surface area contributed by atoms with Crippen molar-refractivity contribution in [2.45, 2.75) is 6.92 Å². The lowest BCUT2D eigenvalue weighted by molar-refractivity contribution is -0.115. The first-order valence-corrected chi connectivity index (χ1v) is 5.93. The van der Waals surface area contributed by atoms with Crippen LogP contribution in [0.15, 0.2) is 24.3 Å². The fraction of sp³-hybridized carbons (Fsp3) is 0.133. The van der Waals surface area contributed by atoms with E-state index in [0.29, 0.717) is 16.4 Å². The van der Waals surface area contributed by atoms with Crippen LogP contribution in [0, 0.1) is 13.1 Å². The number of nitrogens with one attached hydrogen (secondary N) is 2. The number of benzene rings is 1. The SMILES string of the molecule is [C-]#[N+]/C(C)=c1/[nH]/c(=C(/[N+]#[C-])C(=O)NC)c2ccccc12. The summed E-state index contributed by atoms with van der Waals surface area (Å²) < 4.78 is 0. The molecule has 0 unspecified atom stereocenters. The molecule has 2 N–H and O–H groups in total. The highest BCUT2D eigenvalue weighted by Gasteiger charge is 2.12. The van der Waals surface area contributed by atoms with Crippen LogP contribution in [-0.2, 0) is 4.79 Å². The molecule has 0 atom stereocenters. The van der Waals surface area contributed by atoms with Gasteiger partial charge in [-0.2, -0.15) is 0 Å². The Morgan fingerprint density at radius 1 is 1.15 bits per heavy atom. The Morgan fingerprint density at radius 3 is 2.25 bits per heavy atom. The molecule has 1 heterocycles. The molecule has 20 heavy (non-hydrogen) atoms. The second-order valence-corrected chi connectivity index (χ2v) is 4.16. The van der Waals surface area contributed by atoms with Crippen molar-refractivity contribution in [3.63, 3.8) is 0 Å². The van der Waals surface area contributed by atoms with Gasteiger partial charge in [-0.1, -0.05) is 24.3 Å². The van der Waals surface area contributed by atoms with Gasteiger partial charge in [0.25, 0.3) is 11.6 Å². The van der Waals surface area contributed by atoms with E-state index >= 15 is 0 Å². The molecule has 1 aromatic heterocycles. The fourth-order valence-electron chi connectivity index (χ4n) is 2.05. The molecule has 0 aliphatic heterocycles. The first kappa shape index (κ1) is 13.4. The van der Waals surface area contributed by atoms with Crippen molar-refractivity contribution >= 4 is 28.1 Å². The van der Waals surface area contributed by atoms with Gasteiger partial charge in [-0.05, 0) is 17.7 Å². The zero-order valence-electron chi connectivity index (χ0n) is 11.1. The van der Waals surface area contributed by atoms with Gasteiger partial charge in [0.15, 0.2) is 5.70 Å². The summed E-state index contributed by atoms with van der Waals surface area (Å²) in [6.07, 6.45) is 0. The highest BCUT2D eigenvalue weighted by atomic mass is 16.1. The van der Waals surface area contributed by atoms with Gasteiger partial charge in [0.05, 0.1) is 18.5 Å². The monoisotopic (exact) mass is 264 g/mol. The summed E-state index contributed by atoms with van der Waals surface area (Å²) in [5, 5.41) is 5.15. The molecule has 1 amide bonds. The van der Waals surface area contributed by atoms with Gasteiger partial charge in [0.1, 0.15) is 0 Å². The summed E-state index contributed by atoms with van der Waals surface area (Å²) in [5.41, 5.74) is 0.487. The number of amides is 1. The zero-order chi connectivity index (χ0) is 14.7. The van der Waals surface area contributed by atoms with E-state index < -0.39 is 5.91 Å². The standard InChI is InChI=1S/C15H12N4O/c1-9(16-2)12-10-7-5-6-8-11(10)13(19-12)14(17-3)15(20)18-4/h5-8,19H,1,4H3,(H,18,20)/b12-9+,14-13+. The van der Waals surface area contributed by atoms with Crippen LogP contribution in [0.25, 0.3) is 31.9 Å². The number of carbonyl (C=O) groups is 1. The lowest BCUT2D eigenvalue weighted by atomic mass is 10.2. The molecular formula is C15H12N4O. The van der Waals surface area contributed by atoms with Crippen LogP contribution in [0.5, 0.6) is 0 Å². The van der Waals surface area contributed by atoms with Crippen LogP contribution in [0.4, 0.5) is 0 Å². The topological polar surface area (TPSA) is 53.6 Å². The maximum atomic E-state index is 11.8. The Bertz CT molecular complexity index is 891. The highest BCUT2D eigenvalue weighted by Crippen LogP contribution is 2.08. The van der Waals surface area contributed by atoms with E-state index in [0.717, 1.165) is 10.8 Å². The van der Waals surface area contributed by atoms with Gasteiger partial charge >= 0.3 is 0 Å². The van der Waals surface area contributed by atoms with Crippen LogP contribution in [-0.4, -0.2) is 17.9 Å². The van der Waals surface area contributed by atoms with Gasteiger partial charge in [-0.25, -0.2) is 9.69 Å². The minimum atomic E-state index is -0.445. The van der Waals surface area contributed by atoms with Gasteiger partial charge in [-0.15, -0.1) is 0 Å². The predicted octanol–water partition coefficient (Wildman–Crippen LogP) is 0.989. The Morgan fingerprint density at radius 2 is 1.75 bits per heavy atom. The van der Waals surface area contributed by atoms with E-state index in [9.17, 15) is 4.79 Å². The van der Waals surface area contributed by atoms with Crippen molar-refractivity contribution in [3.8, 4) is 0 Å². The molecule has 0 spiro atoms. The highest BCUT2D eigenvalue weighted by molar-refractivity contribution is 6.16. The average molecular weight is 264 g/mol. The number of carbonyl (C=O) groups excluding carboxylic acids is 1. The molecular weight excluding hydrogens is 252 g/mol. The quantitative estimate of drug-likeness (QED) is 0.741. The first-order chi connectivity index (χ1) is 9.63. The molecule has 0 bridgehead atoms. The minimum absolute atomic E-state index is 0.00673. The molecule has 2 rings (SSSR count). The summed E-state index contributed by atoms with van der Waals surface area (Å²) in [7, 11) is 1.48. The number of aromatic amines is 1. The van der Waals surface area contributed by atoms with E-state index in [1.807, 2.05) is 24.3 Å². The lowest BCUT2D eigenvalue weighted by Crippen LogP contribution is -2.25. The molecule has 0 fully saturated rings. The summed E-state index contributed by atoms with van der Waals surface area (Å²) in [5.74, 6) is -0.445. The Kier molecular flexibility index (Phi) is 3.54. The maximum Gasteiger partial charge on any atom is 0.273 e. The van der Waals surface area contributed by atoms with Crippen molar-refractivity contribution in [1.29, 1.82) is 0 Å². The van der Waals surface area contributed by atoms with E-state index in [2.05, 4.69) is 20.0 Å². The Balaban J connectivity index is 3.10. The van der Waals surface area contributed by atoms with Crippen molar-refractivity contribution in [1.82, 2.24) is 10.3 Å². The number of fused-ring (bicyclic) bond motifs is 1. The zero-order valence-corrected chi connectivity index (χ0v) is 11.1. The Hall–Kier alpha value is -3.05. The molecule has 98 valence electrons. The van der Waals surface area contributed by atoms with Crippen LogP contribution in [0.3, 0.4) is 0 Å². The van der Waals surface area contributed by atoms with Crippen LogP contribution in [0.2, 0.25) is 0 Å². The first-order valence-electron chi connectivity index (χ1n) is 5.93. The van der Waals surface area contributed by atoms with Crippen LogP contribution in [0.1, 0.15) is 6.92 Å². The van der Waals surface area contributed by atoms with Crippen LogP contribution >= 0.6 is 0 Å². The predicted molar refractivity (Wildman–Crippen MR) is 77.3 cm³/mol. The van der Waals surface area contributed by atoms with E-state index in [4.69, 9.17) is 13.1 Å². The number of nitrogens with zero attached hydrogens (tertiary/aromatic N) is 2. The van der Waals surface area contributed by atoms with Crippen LogP contribution < -0.4 is 16.0 Å². The summed E-state index contributed by atoms with van der Waals surface area (Å²) in [6, 6.07) is 7.39. The number of likely N-dealkylation sites (N-methyl/N-ethyl adjacent to an activating group) is 1. The van der Waals surface area contributed by atoms with Gasteiger partial charge in [0.2, 0.25) is 0 Å². The average Bonchev–Trinajstić information content (AvgIpc) is 2.87. The molecule has 0 saturated heterocycles. The van der Waals surface area contributed by atoms with E-state index in [-0.39, 0.29) is 5.70 Å². The van der Waals surface area contributed by atoms with Crippen molar-refractivity contribution in [2.24, 2.45) is 0 Å². The molecule has 2 aromatic rings. The molecule has 0 radical (unpaired) electrons. The number of hydrogen-bond donors (Lipinski definition) is 2. The smallest absolute Gasteiger partial charge is 0.273 e. The second-order valence-electron chi connectivity index (χ2n) is 4.16. The molecule has 0 saturated carbocycles. The van der Waals surface area contributed by atoms with E-state index in [1.54, 1.807) is 6.92 Å². The minimum Gasteiger partial charge on any atom is -0.373 e. The van der Waals surface area contributed by atoms with Crippen molar-refractivity contribution < 1.29 is 4.79 Å². The molecule has 5 heteroatoms. The molecule has 0 aliphatic carbocycles. The second kappa shape index (κ2) is 5.29. The normalized spacial score (nSPS) is 13.2. The summed E-state index contributed by atoms with van der Waals surface area (Å²) in [6.45, 7) is 16.0.